The second kappa shape index (κ2) is 2.63. The number of hydrogen-bond acceptors (Lipinski definition) is 1. The number of aliphatic hydroxyl groups excluding tert-OH is 1. The molecule has 1 nitrogen and oxygen atoms in total. The summed E-state index contributed by atoms with van der Waals surface area (Å²) in [6.45, 7) is 2.22. The molecule has 0 radical (unpaired) electrons. The molecule has 0 aromatic carbocycles. The molecular formula is C10H16O. The summed E-state index contributed by atoms with van der Waals surface area (Å²) in [5, 5.41) is 9.47. The van der Waals surface area contributed by atoms with Crippen molar-refractivity contribution in [1.82, 2.24) is 0 Å². The van der Waals surface area contributed by atoms with Crippen molar-refractivity contribution in [3.63, 3.8) is 0 Å². The molecule has 11 heavy (non-hydrogen) atoms. The zero-order valence-corrected chi connectivity index (χ0v) is 7.09. The van der Waals surface area contributed by atoms with Gasteiger partial charge in [-0.15, -0.1) is 0 Å². The Morgan fingerprint density at radius 1 is 1.36 bits per heavy atom. The van der Waals surface area contributed by atoms with Crippen LogP contribution in [0.1, 0.15) is 32.6 Å². The smallest absolute Gasteiger partial charge is 0.0548 e. The number of fused-ring (bicyclic) bond motifs is 2. The molecule has 0 saturated heterocycles. The topological polar surface area (TPSA) is 20.2 Å². The van der Waals surface area contributed by atoms with Gasteiger partial charge in [-0.2, -0.15) is 0 Å². The number of allylic oxidation sites excluding steroid dienone is 2. The fourth-order valence-electron chi connectivity index (χ4n) is 2.68. The lowest BCUT2D eigenvalue weighted by molar-refractivity contribution is 0.0772. The molecule has 0 amide bonds. The van der Waals surface area contributed by atoms with E-state index < -0.39 is 0 Å². The van der Waals surface area contributed by atoms with Crippen LogP contribution in [0.25, 0.3) is 0 Å². The maximum Gasteiger partial charge on any atom is 0.0548 e. The highest BCUT2D eigenvalue weighted by atomic mass is 16.3. The van der Waals surface area contributed by atoms with Crippen molar-refractivity contribution in [3.8, 4) is 0 Å². The molecule has 0 aliphatic heterocycles. The van der Waals surface area contributed by atoms with E-state index in [4.69, 9.17) is 0 Å². The van der Waals surface area contributed by atoms with E-state index in [9.17, 15) is 5.11 Å². The Labute approximate surface area is 68.1 Å². The molecule has 0 aromatic rings. The SMILES string of the molecule is CC1=C[C@@H]2C[C@H](O)C[C@H](C1)C2. The lowest BCUT2D eigenvalue weighted by Gasteiger charge is -2.35. The highest BCUT2D eigenvalue weighted by Gasteiger charge is 2.29. The molecule has 0 heterocycles. The number of hydrogen-bond donors (Lipinski definition) is 1. The summed E-state index contributed by atoms with van der Waals surface area (Å²) in [6, 6.07) is 0. The monoisotopic (exact) mass is 152 g/mol. The molecule has 2 aliphatic rings. The van der Waals surface area contributed by atoms with E-state index in [0.717, 1.165) is 18.8 Å². The van der Waals surface area contributed by atoms with Crippen LogP contribution < -0.4 is 0 Å². The largest absolute Gasteiger partial charge is 0.393 e. The molecule has 0 spiro atoms. The van der Waals surface area contributed by atoms with Gasteiger partial charge in [-0.05, 0) is 44.4 Å². The highest BCUT2D eigenvalue weighted by molar-refractivity contribution is 5.09. The first-order valence-corrected chi connectivity index (χ1v) is 4.59. The Hall–Kier alpha value is -0.300. The minimum atomic E-state index is -0.0110. The second-order valence-corrected chi connectivity index (χ2v) is 4.20. The lowest BCUT2D eigenvalue weighted by Crippen LogP contribution is -2.28. The lowest BCUT2D eigenvalue weighted by atomic mass is 9.72. The van der Waals surface area contributed by atoms with Crippen LogP contribution >= 0.6 is 0 Å². The van der Waals surface area contributed by atoms with Crippen molar-refractivity contribution in [2.75, 3.05) is 0 Å². The normalized spacial score (nSPS) is 43.5. The first-order chi connectivity index (χ1) is 5.24. The second-order valence-electron chi connectivity index (χ2n) is 4.20. The zero-order chi connectivity index (χ0) is 7.84. The van der Waals surface area contributed by atoms with Crippen molar-refractivity contribution in [2.45, 2.75) is 38.7 Å². The van der Waals surface area contributed by atoms with E-state index >= 15 is 0 Å². The van der Waals surface area contributed by atoms with Crippen LogP contribution in [-0.2, 0) is 0 Å². The third kappa shape index (κ3) is 1.48. The van der Waals surface area contributed by atoms with Gasteiger partial charge in [0.15, 0.2) is 0 Å². The third-order valence-corrected chi connectivity index (χ3v) is 2.95. The molecule has 3 atom stereocenters. The van der Waals surface area contributed by atoms with Gasteiger partial charge in [-0.3, -0.25) is 0 Å². The average molecular weight is 152 g/mol. The molecule has 62 valence electrons. The van der Waals surface area contributed by atoms with Crippen LogP contribution in [0.3, 0.4) is 0 Å². The Morgan fingerprint density at radius 3 is 2.91 bits per heavy atom. The van der Waals surface area contributed by atoms with Gasteiger partial charge in [0, 0.05) is 0 Å². The van der Waals surface area contributed by atoms with Gasteiger partial charge in [0.25, 0.3) is 0 Å². The van der Waals surface area contributed by atoms with Gasteiger partial charge in [0.05, 0.1) is 6.10 Å². The average Bonchev–Trinajstić information content (AvgIpc) is 1.82. The molecule has 2 bridgehead atoms. The van der Waals surface area contributed by atoms with Gasteiger partial charge in [0.1, 0.15) is 0 Å². The van der Waals surface area contributed by atoms with E-state index in [2.05, 4.69) is 13.0 Å². The summed E-state index contributed by atoms with van der Waals surface area (Å²) in [5.74, 6) is 1.48. The number of aliphatic hydroxyl groups is 1. The minimum Gasteiger partial charge on any atom is -0.393 e. The molecule has 1 N–H and O–H groups in total. The van der Waals surface area contributed by atoms with Crippen molar-refractivity contribution in [3.05, 3.63) is 11.6 Å². The maximum absolute atomic E-state index is 9.47. The standard InChI is InChI=1S/C10H16O/c1-7-2-8-4-9(3-7)6-10(11)5-8/h2,8-11H,3-6H2,1H3/t8-,9+,10-/m0/s1. The Bertz CT molecular complexity index is 183. The van der Waals surface area contributed by atoms with Crippen molar-refractivity contribution < 1.29 is 5.11 Å². The molecule has 1 fully saturated rings. The number of rotatable bonds is 0. The van der Waals surface area contributed by atoms with Gasteiger partial charge in [-0.25, -0.2) is 0 Å². The van der Waals surface area contributed by atoms with Crippen LogP contribution in [-0.4, -0.2) is 11.2 Å². The van der Waals surface area contributed by atoms with E-state index in [0.29, 0.717) is 5.92 Å². The first kappa shape index (κ1) is 7.35. The van der Waals surface area contributed by atoms with Crippen molar-refractivity contribution >= 4 is 0 Å². The molecule has 0 aromatic heterocycles. The summed E-state index contributed by atoms with van der Waals surface area (Å²) >= 11 is 0. The zero-order valence-electron chi connectivity index (χ0n) is 7.09. The summed E-state index contributed by atoms with van der Waals surface area (Å²) in [5.41, 5.74) is 1.54. The van der Waals surface area contributed by atoms with Crippen LogP contribution in [0.15, 0.2) is 11.6 Å². The van der Waals surface area contributed by atoms with Crippen molar-refractivity contribution in [1.29, 1.82) is 0 Å². The fourth-order valence-corrected chi connectivity index (χ4v) is 2.68. The predicted molar refractivity (Wildman–Crippen MR) is 45.2 cm³/mol. The van der Waals surface area contributed by atoms with Crippen LogP contribution in [0, 0.1) is 11.8 Å². The summed E-state index contributed by atoms with van der Waals surface area (Å²) in [7, 11) is 0. The summed E-state index contributed by atoms with van der Waals surface area (Å²) < 4.78 is 0. The molecule has 0 unspecified atom stereocenters. The fraction of sp³-hybridized carbons (Fsp3) is 0.800. The Kier molecular flexibility index (Phi) is 1.76. The highest BCUT2D eigenvalue weighted by Crippen LogP contribution is 2.38. The Balaban J connectivity index is 2.13. The predicted octanol–water partition coefficient (Wildman–Crippen LogP) is 2.11. The summed E-state index contributed by atoms with van der Waals surface area (Å²) in [4.78, 5) is 0. The van der Waals surface area contributed by atoms with E-state index in [1.807, 2.05) is 0 Å². The van der Waals surface area contributed by atoms with Gasteiger partial charge < -0.3 is 5.11 Å². The Morgan fingerprint density at radius 2 is 2.18 bits per heavy atom. The molecule has 2 rings (SSSR count). The molecule has 1 saturated carbocycles. The van der Waals surface area contributed by atoms with Crippen LogP contribution in [0.5, 0.6) is 0 Å². The minimum absolute atomic E-state index is 0.0110. The molecule has 1 heteroatoms. The van der Waals surface area contributed by atoms with E-state index in [1.165, 1.54) is 18.4 Å². The maximum atomic E-state index is 9.47. The van der Waals surface area contributed by atoms with Crippen LogP contribution in [0.2, 0.25) is 0 Å². The van der Waals surface area contributed by atoms with Gasteiger partial charge in [0.2, 0.25) is 0 Å². The third-order valence-electron chi connectivity index (χ3n) is 2.95. The summed E-state index contributed by atoms with van der Waals surface area (Å²) in [6.07, 6.45) is 6.96. The molecule has 2 aliphatic carbocycles. The van der Waals surface area contributed by atoms with E-state index in [1.54, 1.807) is 0 Å². The molecular weight excluding hydrogens is 136 g/mol. The van der Waals surface area contributed by atoms with Crippen molar-refractivity contribution in [2.24, 2.45) is 11.8 Å². The van der Waals surface area contributed by atoms with E-state index in [-0.39, 0.29) is 6.10 Å². The van der Waals surface area contributed by atoms with Crippen LogP contribution in [0.4, 0.5) is 0 Å². The van der Waals surface area contributed by atoms with Gasteiger partial charge >= 0.3 is 0 Å². The first-order valence-electron chi connectivity index (χ1n) is 4.59. The van der Waals surface area contributed by atoms with Gasteiger partial charge in [-0.1, -0.05) is 11.6 Å². The quantitative estimate of drug-likeness (QED) is 0.527.